The van der Waals surface area contributed by atoms with Crippen molar-refractivity contribution in [1.82, 2.24) is 5.32 Å². The molecule has 0 atom stereocenters. The average Bonchev–Trinajstić information content (AvgIpc) is 2.74. The first-order valence-corrected chi connectivity index (χ1v) is 6.24. The van der Waals surface area contributed by atoms with E-state index in [1.54, 1.807) is 0 Å². The smallest absolute Gasteiger partial charge is 0.195 e. The molecular formula is C13H22N2O. The number of piperidine rings is 1. The molecule has 16 heavy (non-hydrogen) atoms. The summed E-state index contributed by atoms with van der Waals surface area (Å²) in [6, 6.07) is 4.08. The molecule has 0 spiro atoms. The van der Waals surface area contributed by atoms with Crippen LogP contribution in [0.15, 0.2) is 16.5 Å². The summed E-state index contributed by atoms with van der Waals surface area (Å²) in [7, 11) is 2.11. The number of furan rings is 1. The van der Waals surface area contributed by atoms with Crippen molar-refractivity contribution in [3.8, 4) is 0 Å². The number of anilines is 1. The van der Waals surface area contributed by atoms with Gasteiger partial charge in [-0.1, -0.05) is 0 Å². The van der Waals surface area contributed by atoms with Crippen LogP contribution in [-0.4, -0.2) is 26.7 Å². The van der Waals surface area contributed by atoms with E-state index in [1.807, 2.05) is 13.0 Å². The van der Waals surface area contributed by atoms with Crippen LogP contribution in [0.25, 0.3) is 0 Å². The number of hydrogen-bond acceptors (Lipinski definition) is 3. The molecule has 0 bridgehead atoms. The third-order valence-corrected chi connectivity index (χ3v) is 3.43. The van der Waals surface area contributed by atoms with Crippen molar-refractivity contribution >= 4 is 5.88 Å². The molecule has 0 unspecified atom stereocenters. The predicted octanol–water partition coefficient (Wildman–Crippen LogP) is 2.41. The fourth-order valence-corrected chi connectivity index (χ4v) is 2.28. The highest BCUT2D eigenvalue weighted by Crippen LogP contribution is 2.20. The number of nitrogens with zero attached hydrogens (tertiary/aromatic N) is 1. The van der Waals surface area contributed by atoms with E-state index in [9.17, 15) is 0 Å². The summed E-state index contributed by atoms with van der Waals surface area (Å²) in [5.41, 5.74) is 0. The standard InChI is InChI=1S/C13H22N2O/c1-11-3-4-13(16-11)15(2)10-7-12-5-8-14-9-6-12/h3-4,12,14H,5-10H2,1-2H3. The molecule has 1 fully saturated rings. The maximum absolute atomic E-state index is 5.60. The van der Waals surface area contributed by atoms with Gasteiger partial charge in [-0.05, 0) is 51.3 Å². The Hall–Kier alpha value is -0.960. The summed E-state index contributed by atoms with van der Waals surface area (Å²) in [5, 5.41) is 3.41. The summed E-state index contributed by atoms with van der Waals surface area (Å²) in [6.07, 6.45) is 3.92. The Balaban J connectivity index is 1.76. The lowest BCUT2D eigenvalue weighted by Gasteiger charge is -2.25. The molecule has 1 aliphatic rings. The van der Waals surface area contributed by atoms with Crippen LogP contribution in [-0.2, 0) is 0 Å². The molecule has 1 aromatic heterocycles. The van der Waals surface area contributed by atoms with Gasteiger partial charge in [-0.15, -0.1) is 0 Å². The second kappa shape index (κ2) is 5.39. The summed E-state index contributed by atoms with van der Waals surface area (Å²) in [5.74, 6) is 2.87. The molecule has 1 aliphatic heterocycles. The Kier molecular flexibility index (Phi) is 3.88. The molecule has 0 amide bonds. The lowest BCUT2D eigenvalue weighted by Crippen LogP contribution is -2.30. The van der Waals surface area contributed by atoms with E-state index >= 15 is 0 Å². The zero-order valence-electron chi connectivity index (χ0n) is 10.3. The zero-order chi connectivity index (χ0) is 11.4. The van der Waals surface area contributed by atoms with E-state index in [0.717, 1.165) is 24.1 Å². The van der Waals surface area contributed by atoms with Crippen LogP contribution in [0.4, 0.5) is 5.88 Å². The van der Waals surface area contributed by atoms with Gasteiger partial charge >= 0.3 is 0 Å². The van der Waals surface area contributed by atoms with Gasteiger partial charge < -0.3 is 14.6 Å². The monoisotopic (exact) mass is 222 g/mol. The highest BCUT2D eigenvalue weighted by atomic mass is 16.4. The molecule has 2 rings (SSSR count). The summed E-state index contributed by atoms with van der Waals surface area (Å²) in [4.78, 5) is 2.22. The normalized spacial score (nSPS) is 17.6. The summed E-state index contributed by atoms with van der Waals surface area (Å²) in [6.45, 7) is 5.46. The molecule has 1 saturated heterocycles. The molecule has 90 valence electrons. The SMILES string of the molecule is Cc1ccc(N(C)CCC2CCNCC2)o1. The van der Waals surface area contributed by atoms with Gasteiger partial charge in [0.25, 0.3) is 0 Å². The van der Waals surface area contributed by atoms with Crippen molar-refractivity contribution in [3.63, 3.8) is 0 Å². The van der Waals surface area contributed by atoms with Crippen LogP contribution in [0.1, 0.15) is 25.0 Å². The maximum Gasteiger partial charge on any atom is 0.195 e. The molecule has 0 radical (unpaired) electrons. The summed E-state index contributed by atoms with van der Waals surface area (Å²) >= 11 is 0. The fraction of sp³-hybridized carbons (Fsp3) is 0.692. The first-order chi connectivity index (χ1) is 7.75. The van der Waals surface area contributed by atoms with Crippen molar-refractivity contribution in [1.29, 1.82) is 0 Å². The van der Waals surface area contributed by atoms with Gasteiger partial charge in [0, 0.05) is 19.7 Å². The van der Waals surface area contributed by atoms with Crippen LogP contribution in [0.2, 0.25) is 0 Å². The van der Waals surface area contributed by atoms with Crippen molar-refractivity contribution in [2.24, 2.45) is 5.92 Å². The van der Waals surface area contributed by atoms with Crippen molar-refractivity contribution in [2.75, 3.05) is 31.6 Å². The molecule has 2 heterocycles. The number of aryl methyl sites for hydroxylation is 1. The molecular weight excluding hydrogens is 200 g/mol. The van der Waals surface area contributed by atoms with Crippen molar-refractivity contribution < 1.29 is 4.42 Å². The van der Waals surface area contributed by atoms with Crippen LogP contribution in [0.3, 0.4) is 0 Å². The maximum atomic E-state index is 5.60. The second-order valence-electron chi connectivity index (χ2n) is 4.79. The van der Waals surface area contributed by atoms with Gasteiger partial charge in [0.1, 0.15) is 5.76 Å². The minimum Gasteiger partial charge on any atom is -0.446 e. The van der Waals surface area contributed by atoms with Crippen LogP contribution < -0.4 is 10.2 Å². The van der Waals surface area contributed by atoms with Crippen molar-refractivity contribution in [3.05, 3.63) is 17.9 Å². The molecule has 1 aromatic rings. The van der Waals surface area contributed by atoms with Crippen LogP contribution in [0, 0.1) is 12.8 Å². The summed E-state index contributed by atoms with van der Waals surface area (Å²) < 4.78 is 5.60. The Labute approximate surface area is 97.8 Å². The number of hydrogen-bond donors (Lipinski definition) is 1. The highest BCUT2D eigenvalue weighted by molar-refractivity contribution is 5.34. The van der Waals surface area contributed by atoms with Gasteiger partial charge in [0.05, 0.1) is 0 Å². The lowest BCUT2D eigenvalue weighted by molar-refractivity contribution is 0.354. The largest absolute Gasteiger partial charge is 0.446 e. The number of nitrogens with one attached hydrogen (secondary N) is 1. The van der Waals surface area contributed by atoms with Crippen molar-refractivity contribution in [2.45, 2.75) is 26.2 Å². The Morgan fingerprint density at radius 3 is 2.75 bits per heavy atom. The topological polar surface area (TPSA) is 28.4 Å². The Bertz CT molecular complexity index is 315. The minimum atomic E-state index is 0.889. The van der Waals surface area contributed by atoms with Gasteiger partial charge in [0.2, 0.25) is 0 Å². The molecule has 3 nitrogen and oxygen atoms in total. The molecule has 0 saturated carbocycles. The molecule has 0 aromatic carbocycles. The van der Waals surface area contributed by atoms with Gasteiger partial charge in [-0.2, -0.15) is 0 Å². The Morgan fingerprint density at radius 1 is 1.38 bits per heavy atom. The van der Waals surface area contributed by atoms with Crippen LogP contribution >= 0.6 is 0 Å². The van der Waals surface area contributed by atoms with Gasteiger partial charge in [-0.25, -0.2) is 0 Å². The molecule has 1 N–H and O–H groups in total. The second-order valence-corrected chi connectivity index (χ2v) is 4.79. The van der Waals surface area contributed by atoms with Crippen LogP contribution in [0.5, 0.6) is 0 Å². The third kappa shape index (κ3) is 3.01. The highest BCUT2D eigenvalue weighted by Gasteiger charge is 2.14. The number of rotatable bonds is 4. The van der Waals surface area contributed by atoms with E-state index in [4.69, 9.17) is 4.42 Å². The fourth-order valence-electron chi connectivity index (χ4n) is 2.28. The Morgan fingerprint density at radius 2 is 2.12 bits per heavy atom. The van der Waals surface area contributed by atoms with E-state index < -0.39 is 0 Å². The third-order valence-electron chi connectivity index (χ3n) is 3.43. The van der Waals surface area contributed by atoms with E-state index in [0.29, 0.717) is 0 Å². The molecule has 0 aliphatic carbocycles. The van der Waals surface area contributed by atoms with E-state index in [2.05, 4.69) is 23.3 Å². The van der Waals surface area contributed by atoms with Gasteiger partial charge in [-0.3, -0.25) is 0 Å². The van der Waals surface area contributed by atoms with Gasteiger partial charge in [0.15, 0.2) is 5.88 Å². The average molecular weight is 222 g/mol. The first-order valence-electron chi connectivity index (χ1n) is 6.24. The zero-order valence-corrected chi connectivity index (χ0v) is 10.3. The molecule has 3 heteroatoms. The van der Waals surface area contributed by atoms with E-state index in [-0.39, 0.29) is 0 Å². The van der Waals surface area contributed by atoms with E-state index in [1.165, 1.54) is 32.4 Å². The lowest BCUT2D eigenvalue weighted by atomic mass is 9.94. The first kappa shape index (κ1) is 11.5. The minimum absolute atomic E-state index is 0.889. The quantitative estimate of drug-likeness (QED) is 0.848. The predicted molar refractivity (Wildman–Crippen MR) is 66.9 cm³/mol.